The first kappa shape index (κ1) is 12.6. The van der Waals surface area contributed by atoms with Gasteiger partial charge in [0.2, 0.25) is 0 Å². The number of fused-ring (bicyclic) bond motifs is 1. The summed E-state index contributed by atoms with van der Waals surface area (Å²) in [6, 6.07) is 10.1. The number of benzene rings is 1. The first-order chi connectivity index (χ1) is 9.22. The van der Waals surface area contributed by atoms with Gasteiger partial charge in [-0.2, -0.15) is 0 Å². The number of hydrogen-bond acceptors (Lipinski definition) is 3. The normalized spacial score (nSPS) is 31.7. The highest BCUT2D eigenvalue weighted by atomic mass is 16.6. The van der Waals surface area contributed by atoms with Gasteiger partial charge in [-0.25, -0.2) is 0 Å². The molecule has 2 aliphatic heterocycles. The molecule has 4 nitrogen and oxygen atoms in total. The standard InChI is InChI=1S/C15H20N2O2/c18-17(19)15(13-6-2-1-3-7-13)10-9-14-8-4-5-11-16(14)12-15/h1-3,6-7,14H,4-5,8-12H2. The Hall–Kier alpha value is -1.42. The smallest absolute Gasteiger partial charge is 0.259 e. The average molecular weight is 260 g/mol. The molecule has 0 aliphatic carbocycles. The van der Waals surface area contributed by atoms with E-state index in [-0.39, 0.29) is 4.92 Å². The predicted molar refractivity (Wildman–Crippen MR) is 73.6 cm³/mol. The summed E-state index contributed by atoms with van der Waals surface area (Å²) in [6.45, 7) is 1.60. The second-order valence-corrected chi connectivity index (χ2v) is 5.81. The Labute approximate surface area is 113 Å². The van der Waals surface area contributed by atoms with Crippen LogP contribution in [0.1, 0.15) is 37.7 Å². The minimum Gasteiger partial charge on any atom is -0.293 e. The topological polar surface area (TPSA) is 46.4 Å². The van der Waals surface area contributed by atoms with E-state index in [0.29, 0.717) is 19.0 Å². The fourth-order valence-electron chi connectivity index (χ4n) is 3.65. The van der Waals surface area contributed by atoms with Crippen LogP contribution in [-0.4, -0.2) is 29.0 Å². The molecule has 0 bridgehead atoms. The van der Waals surface area contributed by atoms with Crippen molar-refractivity contribution in [1.29, 1.82) is 0 Å². The largest absolute Gasteiger partial charge is 0.293 e. The molecule has 102 valence electrons. The molecule has 2 unspecified atom stereocenters. The Morgan fingerprint density at radius 1 is 1.21 bits per heavy atom. The Bertz CT molecular complexity index is 462. The van der Waals surface area contributed by atoms with Crippen molar-refractivity contribution in [3.63, 3.8) is 0 Å². The molecule has 2 aliphatic rings. The van der Waals surface area contributed by atoms with Crippen molar-refractivity contribution in [2.24, 2.45) is 0 Å². The van der Waals surface area contributed by atoms with E-state index in [1.165, 1.54) is 19.3 Å². The summed E-state index contributed by atoms with van der Waals surface area (Å²) in [5.74, 6) is 0. The summed E-state index contributed by atoms with van der Waals surface area (Å²) in [6.07, 6.45) is 5.29. The molecule has 3 rings (SSSR count). The quantitative estimate of drug-likeness (QED) is 0.607. The first-order valence-electron chi connectivity index (χ1n) is 7.16. The average Bonchev–Trinajstić information content (AvgIpc) is 2.47. The lowest BCUT2D eigenvalue weighted by Crippen LogP contribution is -2.55. The van der Waals surface area contributed by atoms with E-state index in [4.69, 9.17) is 0 Å². The zero-order valence-electron chi connectivity index (χ0n) is 11.1. The summed E-state index contributed by atoms with van der Waals surface area (Å²) in [4.78, 5) is 14.0. The van der Waals surface area contributed by atoms with Crippen LogP contribution in [0.2, 0.25) is 0 Å². The van der Waals surface area contributed by atoms with E-state index in [9.17, 15) is 10.1 Å². The summed E-state index contributed by atoms with van der Waals surface area (Å²) in [7, 11) is 0. The van der Waals surface area contributed by atoms with Crippen molar-refractivity contribution in [2.45, 2.75) is 43.7 Å². The molecule has 2 heterocycles. The molecule has 2 saturated heterocycles. The molecule has 1 aromatic rings. The van der Waals surface area contributed by atoms with Crippen molar-refractivity contribution >= 4 is 0 Å². The predicted octanol–water partition coefficient (Wildman–Crippen LogP) is 2.81. The van der Waals surface area contributed by atoms with E-state index >= 15 is 0 Å². The Morgan fingerprint density at radius 3 is 2.74 bits per heavy atom. The van der Waals surface area contributed by atoms with Gasteiger partial charge >= 0.3 is 0 Å². The first-order valence-corrected chi connectivity index (χ1v) is 7.16. The molecule has 4 heteroatoms. The third-order valence-corrected chi connectivity index (χ3v) is 4.77. The second-order valence-electron chi connectivity index (χ2n) is 5.81. The van der Waals surface area contributed by atoms with Crippen LogP contribution in [0.3, 0.4) is 0 Å². The molecule has 0 spiro atoms. The van der Waals surface area contributed by atoms with Gasteiger partial charge in [0, 0.05) is 22.9 Å². The Balaban J connectivity index is 1.92. The molecule has 0 amide bonds. The van der Waals surface area contributed by atoms with Gasteiger partial charge < -0.3 is 0 Å². The molecular weight excluding hydrogens is 240 g/mol. The Kier molecular flexibility index (Phi) is 3.27. The molecule has 19 heavy (non-hydrogen) atoms. The summed E-state index contributed by atoms with van der Waals surface area (Å²) in [5.41, 5.74) is -0.0289. The molecule has 2 fully saturated rings. The van der Waals surface area contributed by atoms with Crippen molar-refractivity contribution in [1.82, 2.24) is 4.90 Å². The highest BCUT2D eigenvalue weighted by Crippen LogP contribution is 2.39. The lowest BCUT2D eigenvalue weighted by Gasteiger charge is -2.44. The van der Waals surface area contributed by atoms with Gasteiger partial charge in [-0.1, -0.05) is 36.8 Å². The summed E-state index contributed by atoms with van der Waals surface area (Å²) in [5, 5.41) is 11.7. The number of piperidine rings is 2. The van der Waals surface area contributed by atoms with Crippen LogP contribution in [0.15, 0.2) is 30.3 Å². The van der Waals surface area contributed by atoms with Gasteiger partial charge in [-0.3, -0.25) is 15.0 Å². The van der Waals surface area contributed by atoms with Crippen LogP contribution >= 0.6 is 0 Å². The van der Waals surface area contributed by atoms with Gasteiger partial charge in [-0.05, 0) is 25.8 Å². The molecule has 0 aromatic heterocycles. The third-order valence-electron chi connectivity index (χ3n) is 4.77. The van der Waals surface area contributed by atoms with Crippen LogP contribution in [0.25, 0.3) is 0 Å². The molecular formula is C15H20N2O2. The monoisotopic (exact) mass is 260 g/mol. The summed E-state index contributed by atoms with van der Waals surface area (Å²) >= 11 is 0. The second kappa shape index (κ2) is 4.93. The fourth-order valence-corrected chi connectivity index (χ4v) is 3.65. The van der Waals surface area contributed by atoms with Crippen molar-refractivity contribution in [3.05, 3.63) is 46.0 Å². The van der Waals surface area contributed by atoms with E-state index in [2.05, 4.69) is 4.90 Å². The van der Waals surface area contributed by atoms with Crippen LogP contribution in [0.5, 0.6) is 0 Å². The number of nitro groups is 1. The maximum absolute atomic E-state index is 11.7. The van der Waals surface area contributed by atoms with Gasteiger partial charge in [0.25, 0.3) is 5.54 Å². The fraction of sp³-hybridized carbons (Fsp3) is 0.600. The lowest BCUT2D eigenvalue weighted by molar-refractivity contribution is -0.585. The van der Waals surface area contributed by atoms with Crippen molar-refractivity contribution < 1.29 is 4.92 Å². The highest BCUT2D eigenvalue weighted by molar-refractivity contribution is 5.24. The van der Waals surface area contributed by atoms with E-state index < -0.39 is 5.54 Å². The van der Waals surface area contributed by atoms with E-state index in [1.807, 2.05) is 30.3 Å². The van der Waals surface area contributed by atoms with Gasteiger partial charge in [-0.15, -0.1) is 0 Å². The van der Waals surface area contributed by atoms with Crippen molar-refractivity contribution in [2.75, 3.05) is 13.1 Å². The number of nitrogens with zero attached hydrogens (tertiary/aromatic N) is 2. The van der Waals surface area contributed by atoms with Crippen molar-refractivity contribution in [3.8, 4) is 0 Å². The SMILES string of the molecule is O=[N+]([O-])C1(c2ccccc2)CCC2CCCCN2C1. The van der Waals surface area contributed by atoms with Gasteiger partial charge in [0.05, 0.1) is 6.54 Å². The number of hydrogen-bond donors (Lipinski definition) is 0. The molecule has 2 atom stereocenters. The number of rotatable bonds is 2. The summed E-state index contributed by atoms with van der Waals surface area (Å²) < 4.78 is 0. The third kappa shape index (κ3) is 2.14. The van der Waals surface area contributed by atoms with E-state index in [1.54, 1.807) is 0 Å². The van der Waals surface area contributed by atoms with Crippen LogP contribution in [0.4, 0.5) is 0 Å². The zero-order chi connectivity index (χ0) is 13.3. The molecule has 0 saturated carbocycles. The van der Waals surface area contributed by atoms with E-state index in [0.717, 1.165) is 18.5 Å². The minimum absolute atomic E-state index is 0.0485. The highest BCUT2D eigenvalue weighted by Gasteiger charge is 2.50. The maximum Gasteiger partial charge on any atom is 0.259 e. The molecule has 0 N–H and O–H groups in total. The van der Waals surface area contributed by atoms with Crippen LogP contribution < -0.4 is 0 Å². The minimum atomic E-state index is -0.894. The Morgan fingerprint density at radius 2 is 2.00 bits per heavy atom. The zero-order valence-corrected chi connectivity index (χ0v) is 11.1. The lowest BCUT2D eigenvalue weighted by atomic mass is 9.78. The van der Waals surface area contributed by atoms with Gasteiger partial charge in [0.1, 0.15) is 0 Å². The molecule has 0 radical (unpaired) electrons. The molecule has 1 aromatic carbocycles. The maximum atomic E-state index is 11.7. The van der Waals surface area contributed by atoms with Gasteiger partial charge in [0.15, 0.2) is 0 Å². The van der Waals surface area contributed by atoms with Crippen LogP contribution in [0, 0.1) is 10.1 Å². The van der Waals surface area contributed by atoms with Crippen LogP contribution in [-0.2, 0) is 5.54 Å².